The molecule has 134 valence electrons. The van der Waals surface area contributed by atoms with Crippen molar-refractivity contribution in [3.63, 3.8) is 0 Å². The molecule has 0 unspecified atom stereocenters. The first-order valence-electron chi connectivity index (χ1n) is 8.78. The van der Waals surface area contributed by atoms with Crippen LogP contribution in [-0.2, 0) is 13.0 Å². The fraction of sp³-hybridized carbons (Fsp3) is 0.500. The van der Waals surface area contributed by atoms with Crippen LogP contribution in [0.3, 0.4) is 0 Å². The fourth-order valence-corrected chi connectivity index (χ4v) is 3.67. The van der Waals surface area contributed by atoms with Crippen molar-refractivity contribution in [2.75, 3.05) is 24.5 Å². The summed E-state index contributed by atoms with van der Waals surface area (Å²) in [7, 11) is 0. The number of aromatic nitrogens is 2. The van der Waals surface area contributed by atoms with E-state index in [1.165, 1.54) is 24.2 Å². The van der Waals surface area contributed by atoms with Crippen LogP contribution >= 0.6 is 11.3 Å². The Balaban J connectivity index is 1.52. The fourth-order valence-electron chi connectivity index (χ4n) is 2.87. The Morgan fingerprint density at radius 3 is 2.88 bits per heavy atom. The van der Waals surface area contributed by atoms with E-state index in [0.717, 1.165) is 35.4 Å². The van der Waals surface area contributed by atoms with Gasteiger partial charge in [0, 0.05) is 37.6 Å². The van der Waals surface area contributed by atoms with Crippen LogP contribution in [0.25, 0.3) is 0 Å². The standard InChI is InChI=1S/C18H25N5OS/c1-13-5-8-23(9-6-13)16-3-2-14(10-20-16)11-21-18(24)15-12-25-17(22-15)4-7-19/h2-3,10,12-13H,4-9,11,19H2,1H3,(H,21,24). The first-order chi connectivity index (χ1) is 12.2. The van der Waals surface area contributed by atoms with Crippen molar-refractivity contribution in [2.45, 2.75) is 32.7 Å². The van der Waals surface area contributed by atoms with Gasteiger partial charge in [0.15, 0.2) is 0 Å². The van der Waals surface area contributed by atoms with Crippen LogP contribution in [0.4, 0.5) is 5.82 Å². The number of rotatable bonds is 6. The lowest BCUT2D eigenvalue weighted by molar-refractivity contribution is 0.0946. The summed E-state index contributed by atoms with van der Waals surface area (Å²) < 4.78 is 0. The van der Waals surface area contributed by atoms with Gasteiger partial charge in [-0.05, 0) is 36.9 Å². The average Bonchev–Trinajstić information content (AvgIpc) is 3.10. The predicted molar refractivity (Wildman–Crippen MR) is 101 cm³/mol. The van der Waals surface area contributed by atoms with Crippen LogP contribution in [0.5, 0.6) is 0 Å². The lowest BCUT2D eigenvalue weighted by Crippen LogP contribution is -2.33. The largest absolute Gasteiger partial charge is 0.357 e. The van der Waals surface area contributed by atoms with Crippen molar-refractivity contribution in [3.05, 3.63) is 40.0 Å². The molecule has 0 aromatic carbocycles. The Labute approximate surface area is 152 Å². The maximum Gasteiger partial charge on any atom is 0.271 e. The first kappa shape index (κ1) is 17.8. The van der Waals surface area contributed by atoms with Gasteiger partial charge >= 0.3 is 0 Å². The van der Waals surface area contributed by atoms with Crippen molar-refractivity contribution in [1.82, 2.24) is 15.3 Å². The van der Waals surface area contributed by atoms with E-state index < -0.39 is 0 Å². The molecule has 1 aliphatic rings. The van der Waals surface area contributed by atoms with Crippen LogP contribution in [-0.4, -0.2) is 35.5 Å². The van der Waals surface area contributed by atoms with E-state index in [2.05, 4.69) is 27.1 Å². The number of hydrogen-bond acceptors (Lipinski definition) is 6. The summed E-state index contributed by atoms with van der Waals surface area (Å²) in [5.74, 6) is 1.67. The average molecular weight is 359 g/mol. The first-order valence-corrected chi connectivity index (χ1v) is 9.66. The molecule has 1 amide bonds. The molecule has 1 aliphatic heterocycles. The smallest absolute Gasteiger partial charge is 0.271 e. The molecule has 0 bridgehead atoms. The lowest BCUT2D eigenvalue weighted by Gasteiger charge is -2.31. The number of nitrogens with two attached hydrogens (primary N) is 1. The van der Waals surface area contributed by atoms with Gasteiger partial charge in [0.1, 0.15) is 11.5 Å². The molecular weight excluding hydrogens is 334 g/mol. The van der Waals surface area contributed by atoms with Gasteiger partial charge in [0.2, 0.25) is 0 Å². The van der Waals surface area contributed by atoms with Gasteiger partial charge in [-0.15, -0.1) is 11.3 Å². The van der Waals surface area contributed by atoms with Gasteiger partial charge in [0.25, 0.3) is 5.91 Å². The highest BCUT2D eigenvalue weighted by Crippen LogP contribution is 2.21. The number of thiazole rings is 1. The normalized spacial score (nSPS) is 15.4. The minimum Gasteiger partial charge on any atom is -0.357 e. The maximum atomic E-state index is 12.2. The third-order valence-electron chi connectivity index (χ3n) is 4.51. The number of anilines is 1. The number of nitrogens with zero attached hydrogens (tertiary/aromatic N) is 3. The third-order valence-corrected chi connectivity index (χ3v) is 5.42. The molecule has 6 nitrogen and oxygen atoms in total. The van der Waals surface area contributed by atoms with Crippen molar-refractivity contribution < 1.29 is 4.79 Å². The molecule has 0 saturated carbocycles. The number of piperidine rings is 1. The second-order valence-electron chi connectivity index (χ2n) is 6.54. The summed E-state index contributed by atoms with van der Waals surface area (Å²) in [6.45, 7) is 5.44. The number of amides is 1. The zero-order chi connectivity index (χ0) is 17.6. The van der Waals surface area contributed by atoms with Gasteiger partial charge in [-0.1, -0.05) is 13.0 Å². The molecule has 3 N–H and O–H groups in total. The SMILES string of the molecule is CC1CCN(c2ccc(CNC(=O)c3csc(CCN)n3)cn2)CC1. The van der Waals surface area contributed by atoms with Gasteiger partial charge < -0.3 is 16.0 Å². The third kappa shape index (κ3) is 4.76. The lowest BCUT2D eigenvalue weighted by atomic mass is 9.99. The molecule has 0 radical (unpaired) electrons. The van der Waals surface area contributed by atoms with Gasteiger partial charge in [-0.25, -0.2) is 9.97 Å². The van der Waals surface area contributed by atoms with Crippen molar-refractivity contribution >= 4 is 23.1 Å². The molecule has 3 rings (SSSR count). The summed E-state index contributed by atoms with van der Waals surface area (Å²) in [6, 6.07) is 4.07. The van der Waals surface area contributed by atoms with E-state index >= 15 is 0 Å². The summed E-state index contributed by atoms with van der Waals surface area (Å²) in [4.78, 5) is 23.3. The van der Waals surface area contributed by atoms with Crippen LogP contribution in [0.15, 0.2) is 23.7 Å². The number of pyridine rings is 1. The monoisotopic (exact) mass is 359 g/mol. The minimum absolute atomic E-state index is 0.159. The zero-order valence-corrected chi connectivity index (χ0v) is 15.4. The van der Waals surface area contributed by atoms with Crippen molar-refractivity contribution in [2.24, 2.45) is 11.7 Å². The van der Waals surface area contributed by atoms with Crippen LogP contribution in [0, 0.1) is 5.92 Å². The van der Waals surface area contributed by atoms with Gasteiger partial charge in [0.05, 0.1) is 5.01 Å². The molecule has 25 heavy (non-hydrogen) atoms. The van der Waals surface area contributed by atoms with Crippen molar-refractivity contribution in [1.29, 1.82) is 0 Å². The predicted octanol–water partition coefficient (Wildman–Crippen LogP) is 2.21. The van der Waals surface area contributed by atoms with Crippen LogP contribution in [0.2, 0.25) is 0 Å². The molecule has 2 aromatic heterocycles. The van der Waals surface area contributed by atoms with E-state index in [1.54, 1.807) is 5.38 Å². The minimum atomic E-state index is -0.159. The molecule has 1 saturated heterocycles. The summed E-state index contributed by atoms with van der Waals surface area (Å²) in [5, 5.41) is 5.57. The maximum absolute atomic E-state index is 12.2. The molecule has 0 aliphatic carbocycles. The molecule has 0 atom stereocenters. The second-order valence-corrected chi connectivity index (χ2v) is 7.48. The van der Waals surface area contributed by atoms with E-state index in [-0.39, 0.29) is 5.91 Å². The highest BCUT2D eigenvalue weighted by atomic mass is 32.1. The molecule has 1 fully saturated rings. The second kappa shape index (κ2) is 8.40. The Morgan fingerprint density at radius 2 is 2.20 bits per heavy atom. The highest BCUT2D eigenvalue weighted by Gasteiger charge is 2.16. The van der Waals surface area contributed by atoms with E-state index in [1.807, 2.05) is 18.3 Å². The number of carbonyl (C=O) groups excluding carboxylic acids is 1. The Hall–Kier alpha value is -1.99. The number of carbonyl (C=O) groups is 1. The Kier molecular flexibility index (Phi) is 5.99. The zero-order valence-electron chi connectivity index (χ0n) is 14.6. The molecule has 2 aromatic rings. The molecule has 0 spiro atoms. The number of hydrogen-bond donors (Lipinski definition) is 2. The van der Waals surface area contributed by atoms with E-state index in [0.29, 0.717) is 25.2 Å². The van der Waals surface area contributed by atoms with Crippen LogP contribution < -0.4 is 16.0 Å². The molecule has 3 heterocycles. The Bertz CT molecular complexity index is 692. The molecular formula is C18H25N5OS. The summed E-state index contributed by atoms with van der Waals surface area (Å²) in [6.07, 6.45) is 4.99. The number of nitrogens with one attached hydrogen (secondary N) is 1. The Morgan fingerprint density at radius 1 is 1.40 bits per heavy atom. The quantitative estimate of drug-likeness (QED) is 0.826. The van der Waals surface area contributed by atoms with E-state index in [9.17, 15) is 4.79 Å². The summed E-state index contributed by atoms with van der Waals surface area (Å²) >= 11 is 1.47. The van der Waals surface area contributed by atoms with Gasteiger partial charge in [-0.2, -0.15) is 0 Å². The topological polar surface area (TPSA) is 84.1 Å². The van der Waals surface area contributed by atoms with Crippen molar-refractivity contribution in [3.8, 4) is 0 Å². The van der Waals surface area contributed by atoms with E-state index in [4.69, 9.17) is 5.73 Å². The van der Waals surface area contributed by atoms with Crippen LogP contribution in [0.1, 0.15) is 40.8 Å². The van der Waals surface area contributed by atoms with Gasteiger partial charge in [-0.3, -0.25) is 4.79 Å². The highest BCUT2D eigenvalue weighted by molar-refractivity contribution is 7.09. The molecule has 7 heteroatoms. The summed E-state index contributed by atoms with van der Waals surface area (Å²) in [5.41, 5.74) is 6.95.